The lowest BCUT2D eigenvalue weighted by Crippen LogP contribution is -2.36. The van der Waals surface area contributed by atoms with Crippen LogP contribution in [0.4, 0.5) is 0 Å². The Balaban J connectivity index is 1.37. The van der Waals surface area contributed by atoms with Gasteiger partial charge < -0.3 is 28.7 Å². The molecular formula is C27H36N2O5. The largest absolute Gasteiger partial charge is 0.493 e. The number of hydrogen-bond donors (Lipinski definition) is 0. The van der Waals surface area contributed by atoms with Crippen molar-refractivity contribution in [3.8, 4) is 23.0 Å². The fourth-order valence-electron chi connectivity index (χ4n) is 4.96. The zero-order chi connectivity index (χ0) is 26.7. The Labute approximate surface area is 206 Å². The van der Waals surface area contributed by atoms with Gasteiger partial charge in [0, 0.05) is 29.7 Å². The van der Waals surface area contributed by atoms with Crippen molar-refractivity contribution in [2.75, 3.05) is 61.6 Å². The lowest BCUT2D eigenvalue weighted by Gasteiger charge is -2.34. The van der Waals surface area contributed by atoms with Crippen LogP contribution in [-0.2, 0) is 24.1 Å². The summed E-state index contributed by atoms with van der Waals surface area (Å²) in [4.78, 5) is 16.4. The summed E-state index contributed by atoms with van der Waals surface area (Å²) in [5.74, 6) is 2.78. The predicted octanol–water partition coefficient (Wildman–Crippen LogP) is 3.31. The lowest BCUT2D eigenvalue weighted by molar-refractivity contribution is -0.130. The number of methoxy groups -OCH3 is 4. The number of ether oxygens (including phenoxy) is 4. The lowest BCUT2D eigenvalue weighted by atomic mass is 9.77. The molecule has 1 amide bonds. The molecule has 0 unspecified atom stereocenters. The first-order chi connectivity index (χ1) is 17.7. The molecule has 4 rings (SSSR count). The van der Waals surface area contributed by atoms with Crippen LogP contribution in [0, 0.1) is 0 Å². The van der Waals surface area contributed by atoms with E-state index in [1.807, 2.05) is 29.2 Å². The molecule has 0 spiro atoms. The van der Waals surface area contributed by atoms with Crippen LogP contribution in [0.15, 0.2) is 24.3 Å². The molecule has 0 N–H and O–H groups in total. The summed E-state index contributed by atoms with van der Waals surface area (Å²) in [7, 11) is 6.40. The fraction of sp³-hybridized carbons (Fsp3) is 0.519. The number of fused-ring (bicyclic) bond motifs is 2. The second-order valence-corrected chi connectivity index (χ2v) is 8.89. The first-order valence-corrected chi connectivity index (χ1v) is 11.7. The molecule has 0 aromatic heterocycles. The maximum absolute atomic E-state index is 13.0. The second-order valence-electron chi connectivity index (χ2n) is 8.89. The van der Waals surface area contributed by atoms with Crippen molar-refractivity contribution in [2.45, 2.75) is 31.6 Å². The van der Waals surface area contributed by atoms with Crippen LogP contribution < -0.4 is 18.9 Å². The smallest absolute Gasteiger partial charge is 0.227 e. The quantitative estimate of drug-likeness (QED) is 0.530. The van der Waals surface area contributed by atoms with E-state index in [-0.39, 0.29) is 11.8 Å². The van der Waals surface area contributed by atoms with Crippen LogP contribution in [0.1, 0.15) is 38.7 Å². The molecule has 1 atom stereocenters. The predicted molar refractivity (Wildman–Crippen MR) is 132 cm³/mol. The van der Waals surface area contributed by atoms with Crippen LogP contribution in [0.5, 0.6) is 23.0 Å². The molecule has 7 heteroatoms. The summed E-state index contributed by atoms with van der Waals surface area (Å²) in [6, 6.07) is 7.76. The third kappa shape index (κ3) is 4.94. The molecule has 34 heavy (non-hydrogen) atoms. The zero-order valence-corrected chi connectivity index (χ0v) is 20.5. The molecular weight excluding hydrogens is 432 g/mol. The van der Waals surface area contributed by atoms with E-state index in [1.165, 1.54) is 0 Å². The third-order valence-electron chi connectivity index (χ3n) is 6.90. The molecule has 1 aliphatic carbocycles. The summed E-state index contributed by atoms with van der Waals surface area (Å²) >= 11 is 0. The SMILES string of the molecule is [2H]C([2H])([2H])N(CCCN1CCc2cc(OC)c(OC)cc2CC1=O)C[C@@H]1Cc2cc(OC)c(OC)cc21. The Morgan fingerprint density at radius 1 is 0.941 bits per heavy atom. The van der Waals surface area contributed by atoms with Crippen molar-refractivity contribution in [1.82, 2.24) is 9.80 Å². The van der Waals surface area contributed by atoms with E-state index in [1.54, 1.807) is 33.3 Å². The number of hydrogen-bond acceptors (Lipinski definition) is 6. The molecule has 0 saturated heterocycles. The molecule has 2 aromatic carbocycles. The first-order valence-electron chi connectivity index (χ1n) is 13.2. The molecule has 0 saturated carbocycles. The van der Waals surface area contributed by atoms with Gasteiger partial charge in [-0.15, -0.1) is 0 Å². The summed E-state index contributed by atoms with van der Waals surface area (Å²) in [6.07, 6.45) is 2.40. The van der Waals surface area contributed by atoms with E-state index in [4.69, 9.17) is 23.1 Å². The normalized spacial score (nSPS) is 18.6. The highest BCUT2D eigenvalue weighted by atomic mass is 16.5. The van der Waals surface area contributed by atoms with Gasteiger partial charge in [0.1, 0.15) is 0 Å². The molecule has 2 aromatic rings. The Hall–Kier alpha value is -2.93. The number of carbonyl (C=O) groups excluding carboxylic acids is 1. The molecule has 0 radical (unpaired) electrons. The summed E-state index contributed by atoms with van der Waals surface area (Å²) in [5, 5.41) is 0. The highest BCUT2D eigenvalue weighted by Gasteiger charge is 2.29. The Morgan fingerprint density at radius 3 is 2.21 bits per heavy atom. The van der Waals surface area contributed by atoms with E-state index in [9.17, 15) is 4.79 Å². The molecule has 1 aliphatic heterocycles. The fourth-order valence-corrected chi connectivity index (χ4v) is 4.96. The van der Waals surface area contributed by atoms with Gasteiger partial charge in [-0.25, -0.2) is 0 Å². The van der Waals surface area contributed by atoms with Crippen molar-refractivity contribution in [2.24, 2.45) is 0 Å². The molecule has 2 aliphatic rings. The number of carbonyl (C=O) groups is 1. The minimum Gasteiger partial charge on any atom is -0.493 e. The highest BCUT2D eigenvalue weighted by Crippen LogP contribution is 2.42. The van der Waals surface area contributed by atoms with Crippen LogP contribution in [0.3, 0.4) is 0 Å². The van der Waals surface area contributed by atoms with Crippen molar-refractivity contribution < 1.29 is 27.9 Å². The molecule has 184 valence electrons. The van der Waals surface area contributed by atoms with E-state index in [2.05, 4.69) is 0 Å². The van der Waals surface area contributed by atoms with Gasteiger partial charge in [-0.05, 0) is 79.3 Å². The maximum Gasteiger partial charge on any atom is 0.227 e. The number of rotatable bonds is 10. The zero-order valence-electron chi connectivity index (χ0n) is 23.5. The Morgan fingerprint density at radius 2 is 1.56 bits per heavy atom. The van der Waals surface area contributed by atoms with Gasteiger partial charge in [-0.1, -0.05) is 0 Å². The molecule has 1 heterocycles. The van der Waals surface area contributed by atoms with Gasteiger partial charge >= 0.3 is 0 Å². The van der Waals surface area contributed by atoms with E-state index < -0.39 is 6.98 Å². The van der Waals surface area contributed by atoms with E-state index >= 15 is 0 Å². The molecule has 0 bridgehead atoms. The highest BCUT2D eigenvalue weighted by molar-refractivity contribution is 5.80. The van der Waals surface area contributed by atoms with Crippen molar-refractivity contribution in [3.05, 3.63) is 46.5 Å². The molecule has 0 fully saturated rings. The van der Waals surface area contributed by atoms with Gasteiger partial charge in [0.2, 0.25) is 5.91 Å². The van der Waals surface area contributed by atoms with E-state index in [0.717, 1.165) is 28.7 Å². The molecule has 7 nitrogen and oxygen atoms in total. The number of nitrogens with zero attached hydrogens (tertiary/aromatic N) is 2. The van der Waals surface area contributed by atoms with Gasteiger partial charge in [0.05, 0.1) is 34.9 Å². The van der Waals surface area contributed by atoms with E-state index in [0.29, 0.717) is 68.4 Å². The Kier molecular flexibility index (Phi) is 6.35. The second kappa shape index (κ2) is 10.6. The number of benzene rings is 2. The summed E-state index contributed by atoms with van der Waals surface area (Å²) in [6.45, 7) is -0.295. The standard InChI is InChI=1S/C27H36N2O5/c1-28(17-21-11-20-14-25(33-4)26(34-5)16-22(20)21)8-6-9-29-10-7-18-12-23(31-2)24(32-3)13-19(18)15-27(29)30/h12-14,16,21H,6-11,15,17H2,1-5H3/t21-/m0/s1/i1D3. The average molecular weight is 472 g/mol. The minimum atomic E-state index is -2.21. The maximum atomic E-state index is 13.0. The third-order valence-corrected chi connectivity index (χ3v) is 6.90. The monoisotopic (exact) mass is 471 g/mol. The van der Waals surface area contributed by atoms with Crippen LogP contribution in [0.2, 0.25) is 0 Å². The van der Waals surface area contributed by atoms with Crippen LogP contribution in [-0.4, -0.2) is 77.3 Å². The number of amides is 1. The van der Waals surface area contributed by atoms with Crippen LogP contribution >= 0.6 is 0 Å². The van der Waals surface area contributed by atoms with Gasteiger partial charge in [0.25, 0.3) is 0 Å². The van der Waals surface area contributed by atoms with Crippen molar-refractivity contribution in [1.29, 1.82) is 0 Å². The van der Waals surface area contributed by atoms with Crippen molar-refractivity contribution in [3.63, 3.8) is 0 Å². The van der Waals surface area contributed by atoms with Gasteiger partial charge in [-0.2, -0.15) is 0 Å². The van der Waals surface area contributed by atoms with Crippen molar-refractivity contribution >= 4 is 5.91 Å². The van der Waals surface area contributed by atoms with Crippen LogP contribution in [0.25, 0.3) is 0 Å². The topological polar surface area (TPSA) is 60.5 Å². The minimum absolute atomic E-state index is 0.0420. The Bertz CT molecular complexity index is 1140. The number of likely N-dealkylation sites (N-methyl/N-ethyl adjacent to an activating group) is 1. The average Bonchev–Trinajstić information content (AvgIpc) is 3.01. The van der Waals surface area contributed by atoms with Gasteiger partial charge in [-0.3, -0.25) is 4.79 Å². The first kappa shape index (κ1) is 20.4. The summed E-state index contributed by atoms with van der Waals surface area (Å²) in [5.41, 5.74) is 4.30. The summed E-state index contributed by atoms with van der Waals surface area (Å²) < 4.78 is 45.9. The van der Waals surface area contributed by atoms with Gasteiger partial charge in [0.15, 0.2) is 23.0 Å².